The second kappa shape index (κ2) is 8.62. The molecule has 0 N–H and O–H groups in total. The van der Waals surface area contributed by atoms with Crippen molar-refractivity contribution in [3.8, 4) is 0 Å². The van der Waals surface area contributed by atoms with Crippen molar-refractivity contribution >= 4 is 12.0 Å². The molecule has 140 valence electrons. The number of benzene rings is 2. The van der Waals surface area contributed by atoms with Gasteiger partial charge in [0, 0.05) is 0 Å². The summed E-state index contributed by atoms with van der Waals surface area (Å²) in [5, 5.41) is 0. The third-order valence-corrected chi connectivity index (χ3v) is 4.74. The lowest BCUT2D eigenvalue weighted by molar-refractivity contribution is -0.134. The van der Waals surface area contributed by atoms with Gasteiger partial charge in [0.1, 0.15) is 12.8 Å². The van der Waals surface area contributed by atoms with Gasteiger partial charge in [0.15, 0.2) is 0 Å². The van der Waals surface area contributed by atoms with E-state index in [0.717, 1.165) is 22.1 Å². The minimum absolute atomic E-state index is 0.114. The molecule has 1 aliphatic rings. The van der Waals surface area contributed by atoms with Crippen LogP contribution in [-0.2, 0) is 22.4 Å². The summed E-state index contributed by atoms with van der Waals surface area (Å²) >= 11 is 0. The van der Waals surface area contributed by atoms with Gasteiger partial charge >= 0.3 is 6.09 Å². The van der Waals surface area contributed by atoms with Crippen LogP contribution < -0.4 is 0 Å². The number of alkyl halides is 1. The monoisotopic (exact) mass is 367 g/mol. The van der Waals surface area contributed by atoms with Gasteiger partial charge < -0.3 is 4.74 Å². The van der Waals surface area contributed by atoms with Crippen molar-refractivity contribution in [2.45, 2.75) is 25.1 Å². The molecule has 0 radical (unpaired) electrons. The summed E-state index contributed by atoms with van der Waals surface area (Å²) in [6.07, 6.45) is -0.492. The van der Waals surface area contributed by atoms with E-state index in [0.29, 0.717) is 6.42 Å². The molecule has 3 atom stereocenters. The number of hydrogen-bond acceptors (Lipinski definition) is 3. The van der Waals surface area contributed by atoms with E-state index in [1.165, 1.54) is 0 Å². The fraction of sp³-hybridized carbons (Fsp3) is 0.273. The van der Waals surface area contributed by atoms with Crippen LogP contribution in [0.5, 0.6) is 0 Å². The molecule has 0 spiro atoms. The summed E-state index contributed by atoms with van der Waals surface area (Å²) in [4.78, 5) is 26.4. The first-order valence-corrected chi connectivity index (χ1v) is 8.94. The van der Waals surface area contributed by atoms with Gasteiger partial charge in [-0.05, 0) is 24.0 Å². The highest BCUT2D eigenvalue weighted by molar-refractivity contribution is 5.95. The number of halogens is 1. The zero-order valence-corrected chi connectivity index (χ0v) is 15.0. The van der Waals surface area contributed by atoms with Crippen LogP contribution >= 0.6 is 0 Å². The molecule has 1 aliphatic heterocycles. The summed E-state index contributed by atoms with van der Waals surface area (Å²) in [5.41, 5.74) is 1.81. The summed E-state index contributed by atoms with van der Waals surface area (Å²) in [5.74, 6) is -1.58. The summed E-state index contributed by atoms with van der Waals surface area (Å²) < 4.78 is 19.7. The van der Waals surface area contributed by atoms with Crippen LogP contribution in [0.25, 0.3) is 0 Å². The van der Waals surface area contributed by atoms with Crippen molar-refractivity contribution in [3.63, 3.8) is 0 Å². The van der Waals surface area contributed by atoms with Crippen molar-refractivity contribution in [1.29, 1.82) is 0 Å². The third kappa shape index (κ3) is 4.42. The first kappa shape index (κ1) is 18.8. The van der Waals surface area contributed by atoms with Gasteiger partial charge in [-0.2, -0.15) is 0 Å². The molecule has 0 bridgehead atoms. The highest BCUT2D eigenvalue weighted by Crippen LogP contribution is 2.25. The highest BCUT2D eigenvalue weighted by atomic mass is 19.1. The van der Waals surface area contributed by atoms with Gasteiger partial charge in [-0.3, -0.25) is 4.79 Å². The molecule has 2 amide bonds. The van der Waals surface area contributed by atoms with Crippen LogP contribution in [0.3, 0.4) is 0 Å². The summed E-state index contributed by atoms with van der Waals surface area (Å²) in [7, 11) is 0. The van der Waals surface area contributed by atoms with Gasteiger partial charge in [-0.25, -0.2) is 14.1 Å². The summed E-state index contributed by atoms with van der Waals surface area (Å²) in [6, 6.07) is 18.3. The SMILES string of the molecule is C=C[C@@H](F)[C@@H](Cc1ccccc1)C(=O)N1C(=O)OC[C@H]1Cc1ccccc1. The zero-order chi connectivity index (χ0) is 19.2. The average Bonchev–Trinajstić information content (AvgIpc) is 3.06. The predicted molar refractivity (Wildman–Crippen MR) is 101 cm³/mol. The molecule has 1 saturated heterocycles. The van der Waals surface area contributed by atoms with E-state index >= 15 is 0 Å². The standard InChI is InChI=1S/C22H22FNO3/c1-2-20(23)19(14-17-11-7-4-8-12-17)21(25)24-18(15-27-22(24)26)13-16-9-5-3-6-10-16/h2-12,18-20H,1,13-15H2/t18-,19-,20-/m1/s1. The van der Waals surface area contributed by atoms with Gasteiger partial charge in [0.25, 0.3) is 0 Å². The van der Waals surface area contributed by atoms with Crippen LogP contribution in [0.2, 0.25) is 0 Å². The number of hydrogen-bond donors (Lipinski definition) is 0. The fourth-order valence-electron chi connectivity index (χ4n) is 3.31. The smallest absolute Gasteiger partial charge is 0.416 e. The van der Waals surface area contributed by atoms with E-state index in [-0.39, 0.29) is 13.0 Å². The molecule has 4 nitrogen and oxygen atoms in total. The Morgan fingerprint density at radius 1 is 1.15 bits per heavy atom. The van der Waals surface area contributed by atoms with E-state index in [1.54, 1.807) is 0 Å². The van der Waals surface area contributed by atoms with Gasteiger partial charge in [0.2, 0.25) is 5.91 Å². The van der Waals surface area contributed by atoms with Crippen molar-refractivity contribution in [1.82, 2.24) is 4.90 Å². The van der Waals surface area contributed by atoms with Crippen LogP contribution in [-0.4, -0.2) is 35.7 Å². The maximum absolute atomic E-state index is 14.5. The van der Waals surface area contributed by atoms with E-state index in [1.807, 2.05) is 60.7 Å². The van der Waals surface area contributed by atoms with E-state index in [2.05, 4.69) is 6.58 Å². The second-order valence-corrected chi connectivity index (χ2v) is 6.61. The number of nitrogens with zero attached hydrogens (tertiary/aromatic N) is 1. The number of amides is 2. The molecule has 27 heavy (non-hydrogen) atoms. The topological polar surface area (TPSA) is 46.6 Å². The Balaban J connectivity index is 1.81. The number of rotatable bonds is 7. The van der Waals surface area contributed by atoms with Gasteiger partial charge in [0.05, 0.1) is 12.0 Å². The Morgan fingerprint density at radius 3 is 2.33 bits per heavy atom. The number of cyclic esters (lactones) is 1. The van der Waals surface area contributed by atoms with Crippen molar-refractivity contribution in [3.05, 3.63) is 84.4 Å². The van der Waals surface area contributed by atoms with E-state index in [4.69, 9.17) is 4.74 Å². The van der Waals surface area contributed by atoms with Crippen molar-refractivity contribution in [2.75, 3.05) is 6.61 Å². The third-order valence-electron chi connectivity index (χ3n) is 4.74. The number of ether oxygens (including phenoxy) is 1. The second-order valence-electron chi connectivity index (χ2n) is 6.61. The van der Waals surface area contributed by atoms with Crippen LogP contribution in [0.4, 0.5) is 9.18 Å². The Morgan fingerprint density at radius 2 is 1.74 bits per heavy atom. The molecular formula is C22H22FNO3. The Kier molecular flexibility index (Phi) is 6.01. The molecule has 2 aromatic rings. The fourth-order valence-corrected chi connectivity index (χ4v) is 3.31. The molecule has 0 aliphatic carbocycles. The van der Waals surface area contributed by atoms with E-state index < -0.39 is 30.1 Å². The number of carbonyl (C=O) groups excluding carboxylic acids is 2. The Hall–Kier alpha value is -2.95. The molecule has 2 aromatic carbocycles. The van der Waals surface area contributed by atoms with Crippen molar-refractivity contribution in [2.24, 2.45) is 5.92 Å². The van der Waals surface area contributed by atoms with Gasteiger partial charge in [-0.1, -0.05) is 66.7 Å². The van der Waals surface area contributed by atoms with Crippen LogP contribution in [0, 0.1) is 5.92 Å². The molecule has 3 rings (SSSR count). The molecule has 0 aromatic heterocycles. The lowest BCUT2D eigenvalue weighted by atomic mass is 9.92. The minimum atomic E-state index is -1.55. The number of allylic oxidation sites excluding steroid dienone is 1. The van der Waals surface area contributed by atoms with Crippen molar-refractivity contribution < 1.29 is 18.7 Å². The quantitative estimate of drug-likeness (QED) is 0.696. The van der Waals surface area contributed by atoms with Gasteiger partial charge in [-0.15, -0.1) is 6.58 Å². The first-order chi connectivity index (χ1) is 13.1. The molecule has 1 fully saturated rings. The Labute approximate surface area is 158 Å². The van der Waals surface area contributed by atoms with Crippen LogP contribution in [0.1, 0.15) is 11.1 Å². The first-order valence-electron chi connectivity index (χ1n) is 8.94. The average molecular weight is 367 g/mol. The maximum Gasteiger partial charge on any atom is 0.416 e. The molecular weight excluding hydrogens is 345 g/mol. The molecule has 1 heterocycles. The lowest BCUT2D eigenvalue weighted by Crippen LogP contribution is -2.46. The van der Waals surface area contributed by atoms with Crippen LogP contribution in [0.15, 0.2) is 73.3 Å². The lowest BCUT2D eigenvalue weighted by Gasteiger charge is -2.26. The normalized spacial score (nSPS) is 18.6. The molecule has 0 saturated carbocycles. The molecule has 5 heteroatoms. The Bertz CT molecular complexity index is 794. The molecule has 0 unspecified atom stereocenters. The predicted octanol–water partition coefficient (Wildman–Crippen LogP) is 3.96. The minimum Gasteiger partial charge on any atom is -0.447 e. The summed E-state index contributed by atoms with van der Waals surface area (Å²) in [6.45, 7) is 3.59. The van der Waals surface area contributed by atoms with E-state index in [9.17, 15) is 14.0 Å². The largest absolute Gasteiger partial charge is 0.447 e. The highest BCUT2D eigenvalue weighted by Gasteiger charge is 2.42. The number of imide groups is 1. The zero-order valence-electron chi connectivity index (χ0n) is 15.0. The maximum atomic E-state index is 14.5. The number of carbonyl (C=O) groups is 2.